The van der Waals surface area contributed by atoms with Gasteiger partial charge >= 0.3 is 5.97 Å². The fourth-order valence-corrected chi connectivity index (χ4v) is 1.38. The molecule has 0 N–H and O–H groups in total. The van der Waals surface area contributed by atoms with Crippen LogP contribution in [0.25, 0.3) is 0 Å². The lowest BCUT2D eigenvalue weighted by Gasteiger charge is -2.28. The lowest BCUT2D eigenvalue weighted by atomic mass is 10.0. The van der Waals surface area contributed by atoms with Gasteiger partial charge in [0.25, 0.3) is 0 Å². The predicted octanol–water partition coefficient (Wildman–Crippen LogP) is 1.26. The SMILES string of the molecule is C=C(C)C(=O)OC1(C)CCOC1OC. The van der Waals surface area contributed by atoms with Crippen LogP contribution in [0, 0.1) is 0 Å². The Morgan fingerprint density at radius 3 is 2.79 bits per heavy atom. The van der Waals surface area contributed by atoms with E-state index in [1.54, 1.807) is 13.8 Å². The average Bonchev–Trinajstić information content (AvgIpc) is 2.46. The molecule has 2 unspecified atom stereocenters. The summed E-state index contributed by atoms with van der Waals surface area (Å²) in [6, 6.07) is 0. The number of hydrogen-bond donors (Lipinski definition) is 0. The summed E-state index contributed by atoms with van der Waals surface area (Å²) >= 11 is 0. The molecule has 0 aromatic heterocycles. The number of carbonyl (C=O) groups is 1. The number of carbonyl (C=O) groups excluding carboxylic acids is 1. The third-order valence-corrected chi connectivity index (χ3v) is 2.25. The molecule has 4 heteroatoms. The van der Waals surface area contributed by atoms with E-state index in [9.17, 15) is 4.79 Å². The van der Waals surface area contributed by atoms with Gasteiger partial charge in [-0.25, -0.2) is 4.79 Å². The van der Waals surface area contributed by atoms with Crippen molar-refractivity contribution in [3.05, 3.63) is 12.2 Å². The zero-order valence-electron chi connectivity index (χ0n) is 8.83. The second-order valence-electron chi connectivity index (χ2n) is 3.67. The molecule has 0 amide bonds. The third kappa shape index (κ3) is 2.13. The Bertz CT molecular complexity index is 249. The van der Waals surface area contributed by atoms with Crippen LogP contribution in [0.2, 0.25) is 0 Å². The summed E-state index contributed by atoms with van der Waals surface area (Å²) in [6.45, 7) is 7.48. The molecule has 1 heterocycles. The largest absolute Gasteiger partial charge is 0.451 e. The monoisotopic (exact) mass is 200 g/mol. The van der Waals surface area contributed by atoms with Crippen molar-refractivity contribution in [2.45, 2.75) is 32.2 Å². The van der Waals surface area contributed by atoms with Crippen LogP contribution in [0.5, 0.6) is 0 Å². The molecule has 0 aromatic rings. The molecule has 0 bridgehead atoms. The van der Waals surface area contributed by atoms with Gasteiger partial charge in [0.05, 0.1) is 6.61 Å². The maximum Gasteiger partial charge on any atom is 0.333 e. The van der Waals surface area contributed by atoms with Crippen molar-refractivity contribution in [3.63, 3.8) is 0 Å². The fraction of sp³-hybridized carbons (Fsp3) is 0.700. The van der Waals surface area contributed by atoms with Gasteiger partial charge in [-0.3, -0.25) is 0 Å². The zero-order valence-corrected chi connectivity index (χ0v) is 8.83. The molecule has 2 atom stereocenters. The first-order valence-electron chi connectivity index (χ1n) is 4.53. The number of hydrogen-bond acceptors (Lipinski definition) is 4. The second kappa shape index (κ2) is 4.11. The van der Waals surface area contributed by atoms with Gasteiger partial charge in [-0.15, -0.1) is 0 Å². The van der Waals surface area contributed by atoms with Crippen LogP contribution in [0.1, 0.15) is 20.3 Å². The maximum absolute atomic E-state index is 11.3. The molecule has 0 radical (unpaired) electrons. The van der Waals surface area contributed by atoms with Gasteiger partial charge in [-0.2, -0.15) is 0 Å². The van der Waals surface area contributed by atoms with Crippen molar-refractivity contribution in [2.24, 2.45) is 0 Å². The van der Waals surface area contributed by atoms with Gasteiger partial charge < -0.3 is 14.2 Å². The number of rotatable bonds is 3. The highest BCUT2D eigenvalue weighted by Gasteiger charge is 2.44. The molecule has 4 nitrogen and oxygen atoms in total. The summed E-state index contributed by atoms with van der Waals surface area (Å²) in [5.74, 6) is -0.403. The van der Waals surface area contributed by atoms with Crippen molar-refractivity contribution >= 4 is 5.97 Å². The van der Waals surface area contributed by atoms with E-state index in [0.717, 1.165) is 0 Å². The Labute approximate surface area is 83.8 Å². The van der Waals surface area contributed by atoms with Crippen molar-refractivity contribution in [1.29, 1.82) is 0 Å². The Hall–Kier alpha value is -0.870. The number of ether oxygens (including phenoxy) is 3. The summed E-state index contributed by atoms with van der Waals surface area (Å²) in [5, 5.41) is 0. The van der Waals surface area contributed by atoms with E-state index in [-0.39, 0.29) is 0 Å². The topological polar surface area (TPSA) is 44.8 Å². The van der Waals surface area contributed by atoms with E-state index in [0.29, 0.717) is 18.6 Å². The van der Waals surface area contributed by atoms with E-state index in [4.69, 9.17) is 14.2 Å². The fourth-order valence-electron chi connectivity index (χ4n) is 1.38. The Morgan fingerprint density at radius 2 is 2.29 bits per heavy atom. The first-order valence-corrected chi connectivity index (χ1v) is 4.53. The van der Waals surface area contributed by atoms with Crippen molar-refractivity contribution in [1.82, 2.24) is 0 Å². The maximum atomic E-state index is 11.3. The summed E-state index contributed by atoms with van der Waals surface area (Å²) in [4.78, 5) is 11.3. The van der Waals surface area contributed by atoms with E-state index in [1.165, 1.54) is 7.11 Å². The van der Waals surface area contributed by atoms with Gasteiger partial charge in [0.15, 0.2) is 11.9 Å². The molecule has 1 aliphatic rings. The van der Waals surface area contributed by atoms with Crippen LogP contribution in [0.15, 0.2) is 12.2 Å². The van der Waals surface area contributed by atoms with Crippen LogP contribution in [0.4, 0.5) is 0 Å². The molecule has 1 aliphatic heterocycles. The van der Waals surface area contributed by atoms with Gasteiger partial charge in [0.2, 0.25) is 0 Å². The van der Waals surface area contributed by atoms with Crippen LogP contribution in [-0.2, 0) is 19.0 Å². The first kappa shape index (κ1) is 11.2. The van der Waals surface area contributed by atoms with Gasteiger partial charge in [-0.05, 0) is 13.8 Å². The molecular formula is C10H16O4. The molecule has 1 fully saturated rings. The summed E-state index contributed by atoms with van der Waals surface area (Å²) in [6.07, 6.45) is 0.163. The first-order chi connectivity index (χ1) is 6.49. The average molecular weight is 200 g/mol. The minimum atomic E-state index is -0.690. The van der Waals surface area contributed by atoms with Crippen LogP contribution in [-0.4, -0.2) is 31.6 Å². The highest BCUT2D eigenvalue weighted by atomic mass is 16.7. The second-order valence-corrected chi connectivity index (χ2v) is 3.67. The summed E-state index contributed by atoms with van der Waals surface area (Å²) in [7, 11) is 1.53. The summed E-state index contributed by atoms with van der Waals surface area (Å²) < 4.78 is 15.6. The lowest BCUT2D eigenvalue weighted by molar-refractivity contribution is -0.196. The van der Waals surface area contributed by atoms with E-state index >= 15 is 0 Å². The van der Waals surface area contributed by atoms with E-state index in [1.807, 2.05) is 0 Å². The van der Waals surface area contributed by atoms with Crippen LogP contribution in [0.3, 0.4) is 0 Å². The number of methoxy groups -OCH3 is 1. The van der Waals surface area contributed by atoms with Crippen molar-refractivity contribution < 1.29 is 19.0 Å². The Morgan fingerprint density at radius 1 is 1.64 bits per heavy atom. The van der Waals surface area contributed by atoms with Crippen LogP contribution >= 0.6 is 0 Å². The molecule has 14 heavy (non-hydrogen) atoms. The highest BCUT2D eigenvalue weighted by molar-refractivity contribution is 5.87. The van der Waals surface area contributed by atoms with Crippen molar-refractivity contribution in [2.75, 3.05) is 13.7 Å². The molecule has 1 rings (SSSR count). The van der Waals surface area contributed by atoms with E-state index in [2.05, 4.69) is 6.58 Å². The molecular weight excluding hydrogens is 184 g/mol. The van der Waals surface area contributed by atoms with Gasteiger partial charge in [-0.1, -0.05) is 6.58 Å². The molecule has 80 valence electrons. The molecule has 0 aromatic carbocycles. The van der Waals surface area contributed by atoms with Crippen molar-refractivity contribution in [3.8, 4) is 0 Å². The van der Waals surface area contributed by atoms with Gasteiger partial charge in [0, 0.05) is 19.1 Å². The quantitative estimate of drug-likeness (QED) is 0.508. The minimum absolute atomic E-state index is 0.382. The smallest absolute Gasteiger partial charge is 0.333 e. The summed E-state index contributed by atoms with van der Waals surface area (Å²) in [5.41, 5.74) is -0.307. The van der Waals surface area contributed by atoms with Gasteiger partial charge in [0.1, 0.15) is 0 Å². The normalized spacial score (nSPS) is 31.5. The highest BCUT2D eigenvalue weighted by Crippen LogP contribution is 2.30. The molecule has 0 spiro atoms. The molecule has 1 saturated heterocycles. The lowest BCUT2D eigenvalue weighted by Crippen LogP contribution is -2.41. The number of esters is 1. The Balaban J connectivity index is 2.65. The standard InChI is InChI=1S/C10H16O4/c1-7(2)8(11)14-10(3)5-6-13-9(10)12-4/h9H,1,5-6H2,2-4H3. The third-order valence-electron chi connectivity index (χ3n) is 2.25. The zero-order chi connectivity index (χ0) is 10.8. The predicted molar refractivity (Wildman–Crippen MR) is 50.7 cm³/mol. The Kier molecular flexibility index (Phi) is 3.29. The van der Waals surface area contributed by atoms with Crippen LogP contribution < -0.4 is 0 Å². The van der Waals surface area contributed by atoms with E-state index < -0.39 is 17.9 Å². The molecule has 0 aliphatic carbocycles. The molecule has 0 saturated carbocycles. The minimum Gasteiger partial charge on any atom is -0.451 e.